The van der Waals surface area contributed by atoms with Crippen LogP contribution in [0.15, 0.2) is 24.4 Å². The second kappa shape index (κ2) is 3.56. The first-order valence-corrected chi connectivity index (χ1v) is 6.15. The van der Waals surface area contributed by atoms with Crippen molar-refractivity contribution >= 4 is 21.9 Å². The molecule has 2 N–H and O–H groups in total. The first-order valence-electron chi connectivity index (χ1n) is 5.34. The van der Waals surface area contributed by atoms with Gasteiger partial charge in [-0.2, -0.15) is 0 Å². The molecule has 0 unspecified atom stereocenters. The van der Waals surface area contributed by atoms with Crippen LogP contribution < -0.4 is 5.73 Å². The molecule has 0 aromatic carbocycles. The molecule has 0 aliphatic rings. The topological polar surface area (TPSA) is 56.2 Å². The molecule has 86 valence electrons. The Morgan fingerprint density at radius 2 is 2.12 bits per heavy atom. The molecule has 0 amide bonds. The Morgan fingerprint density at radius 1 is 1.29 bits per heavy atom. The molecule has 3 aromatic rings. The van der Waals surface area contributed by atoms with Gasteiger partial charge in [0.05, 0.1) is 16.2 Å². The molecule has 3 heterocycles. The number of nitrogens with zero attached hydrogens (tertiary/aromatic N) is 3. The van der Waals surface area contributed by atoms with E-state index in [0.717, 1.165) is 21.8 Å². The zero-order valence-electron chi connectivity index (χ0n) is 9.64. The molecule has 0 radical (unpaired) electrons. The van der Waals surface area contributed by atoms with Gasteiger partial charge in [0.1, 0.15) is 0 Å². The second-order valence-corrected chi connectivity index (χ2v) is 5.30. The number of anilines is 1. The lowest BCUT2D eigenvalue weighted by Gasteiger charge is -2.03. The molecule has 0 aliphatic heterocycles. The van der Waals surface area contributed by atoms with E-state index >= 15 is 0 Å². The summed E-state index contributed by atoms with van der Waals surface area (Å²) in [6.45, 7) is 4.05. The van der Waals surface area contributed by atoms with Crippen LogP contribution in [0.1, 0.15) is 10.6 Å². The zero-order valence-corrected chi connectivity index (χ0v) is 10.5. The third-order valence-electron chi connectivity index (χ3n) is 2.84. The predicted molar refractivity (Wildman–Crippen MR) is 70.2 cm³/mol. The largest absolute Gasteiger partial charge is 0.391 e. The minimum atomic E-state index is 0.838. The monoisotopic (exact) mass is 244 g/mol. The summed E-state index contributed by atoms with van der Waals surface area (Å²) in [6.07, 6.45) is 1.91. The molecule has 17 heavy (non-hydrogen) atoms. The van der Waals surface area contributed by atoms with Crippen LogP contribution in [0.25, 0.3) is 16.6 Å². The maximum atomic E-state index is 5.85. The predicted octanol–water partition coefficient (Wildman–Crippen LogP) is 2.66. The third-order valence-corrected chi connectivity index (χ3v) is 3.71. The first-order chi connectivity index (χ1) is 8.16. The fraction of sp³-hybridized carbons (Fsp3) is 0.167. The average Bonchev–Trinajstić information content (AvgIpc) is 2.83. The highest BCUT2D eigenvalue weighted by molar-refractivity contribution is 7.16. The fourth-order valence-electron chi connectivity index (χ4n) is 2.09. The number of nitrogen functional groups attached to an aromatic ring is 1. The molecule has 5 heteroatoms. The normalized spacial score (nSPS) is 11.2. The van der Waals surface area contributed by atoms with Gasteiger partial charge in [-0.3, -0.25) is 0 Å². The van der Waals surface area contributed by atoms with Crippen LogP contribution >= 0.6 is 11.3 Å². The van der Waals surface area contributed by atoms with Gasteiger partial charge < -0.3 is 5.73 Å². The van der Waals surface area contributed by atoms with Crippen molar-refractivity contribution in [1.29, 1.82) is 0 Å². The van der Waals surface area contributed by atoms with Gasteiger partial charge in [0.15, 0.2) is 0 Å². The van der Waals surface area contributed by atoms with E-state index in [9.17, 15) is 0 Å². The molecule has 0 aliphatic carbocycles. The maximum absolute atomic E-state index is 5.85. The summed E-state index contributed by atoms with van der Waals surface area (Å²) >= 11 is 1.61. The first kappa shape index (κ1) is 10.3. The minimum absolute atomic E-state index is 0.838. The molecule has 0 saturated heterocycles. The minimum Gasteiger partial charge on any atom is -0.391 e. The summed E-state index contributed by atoms with van der Waals surface area (Å²) in [6, 6.07) is 6.08. The maximum Gasteiger partial charge on any atom is 0.0972 e. The molecule has 0 bridgehead atoms. The van der Waals surface area contributed by atoms with Gasteiger partial charge in [-0.25, -0.2) is 4.52 Å². The summed E-state index contributed by atoms with van der Waals surface area (Å²) in [5.41, 5.74) is 10.1. The number of rotatable bonds is 1. The fourth-order valence-corrected chi connectivity index (χ4v) is 2.89. The lowest BCUT2D eigenvalue weighted by atomic mass is 10.1. The molecule has 0 fully saturated rings. The van der Waals surface area contributed by atoms with Crippen LogP contribution in [0.3, 0.4) is 0 Å². The Labute approximate surface area is 103 Å². The van der Waals surface area contributed by atoms with E-state index < -0.39 is 0 Å². The number of nitrogens with two attached hydrogens (primary N) is 1. The summed E-state index contributed by atoms with van der Waals surface area (Å²) in [7, 11) is 0. The van der Waals surface area contributed by atoms with Crippen molar-refractivity contribution in [2.45, 2.75) is 13.8 Å². The van der Waals surface area contributed by atoms with E-state index in [0.29, 0.717) is 0 Å². The van der Waals surface area contributed by atoms with Gasteiger partial charge in [0, 0.05) is 16.6 Å². The Bertz CT molecular complexity index is 696. The van der Waals surface area contributed by atoms with Gasteiger partial charge in [-0.05, 0) is 31.5 Å². The van der Waals surface area contributed by atoms with Crippen molar-refractivity contribution in [3.63, 3.8) is 0 Å². The van der Waals surface area contributed by atoms with Crippen LogP contribution in [-0.4, -0.2) is 14.8 Å². The molecule has 4 nitrogen and oxygen atoms in total. The van der Waals surface area contributed by atoms with Crippen molar-refractivity contribution in [3.8, 4) is 11.1 Å². The van der Waals surface area contributed by atoms with Gasteiger partial charge in [-0.15, -0.1) is 16.4 Å². The number of aryl methyl sites for hydroxylation is 2. The lowest BCUT2D eigenvalue weighted by Crippen LogP contribution is -1.89. The summed E-state index contributed by atoms with van der Waals surface area (Å²) < 4.78 is 1.80. The van der Waals surface area contributed by atoms with Crippen molar-refractivity contribution < 1.29 is 0 Å². The van der Waals surface area contributed by atoms with Crippen LogP contribution in [0, 0.1) is 13.8 Å². The highest BCUT2D eigenvalue weighted by Gasteiger charge is 2.12. The van der Waals surface area contributed by atoms with E-state index in [2.05, 4.69) is 23.3 Å². The van der Waals surface area contributed by atoms with Gasteiger partial charge >= 0.3 is 0 Å². The molecule has 0 atom stereocenters. The molecule has 3 rings (SSSR count). The van der Waals surface area contributed by atoms with Crippen molar-refractivity contribution in [3.05, 3.63) is 35.0 Å². The van der Waals surface area contributed by atoms with E-state index in [4.69, 9.17) is 5.73 Å². The standard InChI is InChI=1S/C12H12N4S/c1-7-12-9(4-3-5-16(12)15-14-7)10-6-11(13)17-8(10)2/h3-6H,13H2,1-2H3. The van der Waals surface area contributed by atoms with Crippen molar-refractivity contribution in [2.24, 2.45) is 0 Å². The Balaban J connectivity index is 2.37. The Hall–Kier alpha value is -1.88. The summed E-state index contributed by atoms with van der Waals surface area (Å²) in [5, 5.41) is 9.02. The summed E-state index contributed by atoms with van der Waals surface area (Å²) in [4.78, 5) is 1.22. The molecule has 0 saturated carbocycles. The third kappa shape index (κ3) is 1.51. The average molecular weight is 244 g/mol. The van der Waals surface area contributed by atoms with Crippen LogP contribution in [0.4, 0.5) is 5.00 Å². The highest BCUT2D eigenvalue weighted by Crippen LogP contribution is 2.35. The highest BCUT2D eigenvalue weighted by atomic mass is 32.1. The number of hydrogen-bond acceptors (Lipinski definition) is 4. The molecular weight excluding hydrogens is 232 g/mol. The molecular formula is C12H12N4S. The number of aromatic nitrogens is 3. The second-order valence-electron chi connectivity index (χ2n) is 4.01. The van der Waals surface area contributed by atoms with Crippen molar-refractivity contribution in [2.75, 3.05) is 5.73 Å². The van der Waals surface area contributed by atoms with E-state index in [1.54, 1.807) is 15.9 Å². The van der Waals surface area contributed by atoms with E-state index in [-0.39, 0.29) is 0 Å². The summed E-state index contributed by atoms with van der Waals surface area (Å²) in [5.74, 6) is 0. The van der Waals surface area contributed by atoms with E-state index in [1.165, 1.54) is 10.4 Å². The zero-order chi connectivity index (χ0) is 12.0. The number of thiophene rings is 1. The van der Waals surface area contributed by atoms with Gasteiger partial charge in [0.25, 0.3) is 0 Å². The van der Waals surface area contributed by atoms with Crippen LogP contribution in [0.5, 0.6) is 0 Å². The van der Waals surface area contributed by atoms with Crippen LogP contribution in [-0.2, 0) is 0 Å². The lowest BCUT2D eigenvalue weighted by molar-refractivity contribution is 0.849. The smallest absolute Gasteiger partial charge is 0.0972 e. The number of hydrogen-bond donors (Lipinski definition) is 1. The molecule has 0 spiro atoms. The molecule has 3 aromatic heterocycles. The Kier molecular flexibility index (Phi) is 2.16. The quantitative estimate of drug-likeness (QED) is 0.716. The van der Waals surface area contributed by atoms with Crippen molar-refractivity contribution in [1.82, 2.24) is 14.8 Å². The number of fused-ring (bicyclic) bond motifs is 1. The Morgan fingerprint density at radius 3 is 2.82 bits per heavy atom. The van der Waals surface area contributed by atoms with Gasteiger partial charge in [0.2, 0.25) is 0 Å². The number of pyridine rings is 1. The SMILES string of the molecule is Cc1sc(N)cc1-c1cccn2nnc(C)c12. The van der Waals surface area contributed by atoms with E-state index in [1.807, 2.05) is 25.3 Å². The van der Waals surface area contributed by atoms with Crippen LogP contribution in [0.2, 0.25) is 0 Å². The van der Waals surface area contributed by atoms with Gasteiger partial charge in [-0.1, -0.05) is 11.3 Å².